The number of hydrogen-bond acceptors (Lipinski definition) is 3. The number of para-hydroxylation sites is 2. The largest absolute Gasteiger partial charge is 0.484 e. The number of benzene rings is 1. The van der Waals surface area contributed by atoms with Crippen LogP contribution in [0.25, 0.3) is 0 Å². The van der Waals surface area contributed by atoms with Crippen LogP contribution in [0.2, 0.25) is 0 Å². The summed E-state index contributed by atoms with van der Waals surface area (Å²) in [5, 5.41) is 9.01. The Hall–Kier alpha value is -1.69. The highest BCUT2D eigenvalue weighted by atomic mass is 16.6. The SMILES string of the molecule is CCC1(C#N)COc2ccccc2O1. The number of ether oxygens (including phenoxy) is 2. The van der Waals surface area contributed by atoms with Gasteiger partial charge in [0.05, 0.1) is 0 Å². The molecule has 1 aromatic carbocycles. The highest BCUT2D eigenvalue weighted by Gasteiger charge is 2.36. The summed E-state index contributed by atoms with van der Waals surface area (Å²) in [6, 6.07) is 9.56. The van der Waals surface area contributed by atoms with Crippen molar-refractivity contribution in [3.8, 4) is 17.6 Å². The third-order valence-corrected chi connectivity index (χ3v) is 2.39. The van der Waals surface area contributed by atoms with E-state index < -0.39 is 5.60 Å². The Morgan fingerprint density at radius 2 is 2.14 bits per heavy atom. The van der Waals surface area contributed by atoms with E-state index in [0.717, 1.165) is 0 Å². The topological polar surface area (TPSA) is 42.2 Å². The monoisotopic (exact) mass is 189 g/mol. The summed E-state index contributed by atoms with van der Waals surface area (Å²) >= 11 is 0. The molecule has 0 bridgehead atoms. The standard InChI is InChI=1S/C11H11NO2/c1-2-11(7-12)8-13-9-5-3-4-6-10(9)14-11/h3-6H,2,8H2,1H3. The summed E-state index contributed by atoms with van der Waals surface area (Å²) < 4.78 is 11.1. The summed E-state index contributed by atoms with van der Waals surface area (Å²) in [7, 11) is 0. The van der Waals surface area contributed by atoms with Gasteiger partial charge < -0.3 is 9.47 Å². The molecule has 0 saturated heterocycles. The van der Waals surface area contributed by atoms with Crippen LogP contribution >= 0.6 is 0 Å². The molecule has 1 aliphatic heterocycles. The Balaban J connectivity index is 2.34. The summed E-state index contributed by atoms with van der Waals surface area (Å²) in [6.07, 6.45) is 0.623. The molecule has 3 nitrogen and oxygen atoms in total. The predicted octanol–water partition coefficient (Wildman–Crippen LogP) is 2.13. The molecular weight excluding hydrogens is 178 g/mol. The van der Waals surface area contributed by atoms with Gasteiger partial charge in [0.25, 0.3) is 0 Å². The minimum absolute atomic E-state index is 0.303. The number of nitrogens with zero attached hydrogens (tertiary/aromatic N) is 1. The van der Waals surface area contributed by atoms with Crippen molar-refractivity contribution in [2.75, 3.05) is 6.61 Å². The van der Waals surface area contributed by atoms with Gasteiger partial charge in [-0.05, 0) is 12.1 Å². The highest BCUT2D eigenvalue weighted by molar-refractivity contribution is 5.42. The first-order valence-corrected chi connectivity index (χ1v) is 4.62. The van der Waals surface area contributed by atoms with Crippen LogP contribution in [0.3, 0.4) is 0 Å². The molecule has 0 amide bonds. The van der Waals surface area contributed by atoms with Gasteiger partial charge in [-0.25, -0.2) is 0 Å². The van der Waals surface area contributed by atoms with Gasteiger partial charge in [-0.1, -0.05) is 19.1 Å². The van der Waals surface area contributed by atoms with Crippen molar-refractivity contribution < 1.29 is 9.47 Å². The van der Waals surface area contributed by atoms with Crippen LogP contribution in [-0.4, -0.2) is 12.2 Å². The fraction of sp³-hybridized carbons (Fsp3) is 0.364. The van der Waals surface area contributed by atoms with Crippen molar-refractivity contribution in [2.45, 2.75) is 18.9 Å². The second-order valence-corrected chi connectivity index (χ2v) is 3.30. The molecule has 1 atom stereocenters. The smallest absolute Gasteiger partial charge is 0.227 e. The Kier molecular flexibility index (Phi) is 2.05. The van der Waals surface area contributed by atoms with Gasteiger partial charge in [-0.15, -0.1) is 0 Å². The Morgan fingerprint density at radius 1 is 1.43 bits per heavy atom. The van der Waals surface area contributed by atoms with Gasteiger partial charge in [-0.2, -0.15) is 5.26 Å². The molecule has 0 N–H and O–H groups in total. The van der Waals surface area contributed by atoms with E-state index in [-0.39, 0.29) is 0 Å². The molecule has 2 rings (SSSR count). The summed E-state index contributed by atoms with van der Waals surface area (Å²) in [6.45, 7) is 2.22. The molecule has 0 aromatic heterocycles. The molecule has 3 heteroatoms. The zero-order chi connectivity index (χ0) is 10.0. The maximum absolute atomic E-state index is 9.01. The average molecular weight is 189 g/mol. The zero-order valence-corrected chi connectivity index (χ0v) is 7.99. The lowest BCUT2D eigenvalue weighted by atomic mass is 10.0. The lowest BCUT2D eigenvalue weighted by Crippen LogP contribution is -2.42. The molecule has 72 valence electrons. The number of fused-ring (bicyclic) bond motifs is 1. The molecule has 1 unspecified atom stereocenters. The van der Waals surface area contributed by atoms with Crippen molar-refractivity contribution in [3.63, 3.8) is 0 Å². The van der Waals surface area contributed by atoms with E-state index in [1.165, 1.54) is 0 Å². The second kappa shape index (κ2) is 3.22. The van der Waals surface area contributed by atoms with Crippen molar-refractivity contribution in [2.24, 2.45) is 0 Å². The normalized spacial score (nSPS) is 24.0. The lowest BCUT2D eigenvalue weighted by molar-refractivity contribution is 0.0330. The quantitative estimate of drug-likeness (QED) is 0.679. The van der Waals surface area contributed by atoms with Crippen LogP contribution in [0.4, 0.5) is 0 Å². The zero-order valence-electron chi connectivity index (χ0n) is 7.99. The summed E-state index contributed by atoms with van der Waals surface area (Å²) in [5.74, 6) is 1.37. The molecule has 1 aliphatic rings. The number of rotatable bonds is 1. The minimum atomic E-state index is -0.811. The maximum atomic E-state index is 9.01. The first kappa shape index (κ1) is 8.89. The van der Waals surface area contributed by atoms with Gasteiger partial charge in [0, 0.05) is 6.42 Å². The van der Waals surface area contributed by atoms with Crippen molar-refractivity contribution in [1.82, 2.24) is 0 Å². The Morgan fingerprint density at radius 3 is 2.79 bits per heavy atom. The second-order valence-electron chi connectivity index (χ2n) is 3.30. The van der Waals surface area contributed by atoms with Gasteiger partial charge in [-0.3, -0.25) is 0 Å². The van der Waals surface area contributed by atoms with Crippen LogP contribution < -0.4 is 9.47 Å². The molecule has 0 aliphatic carbocycles. The molecule has 14 heavy (non-hydrogen) atoms. The Labute approximate surface area is 82.9 Å². The number of hydrogen-bond donors (Lipinski definition) is 0. The van der Waals surface area contributed by atoms with E-state index in [4.69, 9.17) is 14.7 Å². The average Bonchev–Trinajstić information content (AvgIpc) is 2.28. The van der Waals surface area contributed by atoms with E-state index in [1.807, 2.05) is 31.2 Å². The molecule has 0 radical (unpaired) electrons. The molecule has 1 heterocycles. The van der Waals surface area contributed by atoms with Crippen LogP contribution in [0.1, 0.15) is 13.3 Å². The lowest BCUT2D eigenvalue weighted by Gasteiger charge is -2.32. The third kappa shape index (κ3) is 1.29. The predicted molar refractivity (Wildman–Crippen MR) is 51.2 cm³/mol. The van der Waals surface area contributed by atoms with Gasteiger partial charge in [0.1, 0.15) is 12.7 Å². The molecule has 0 fully saturated rings. The maximum Gasteiger partial charge on any atom is 0.227 e. The van der Waals surface area contributed by atoms with E-state index in [9.17, 15) is 0 Å². The van der Waals surface area contributed by atoms with Gasteiger partial charge in [0.15, 0.2) is 11.5 Å². The van der Waals surface area contributed by atoms with Crippen LogP contribution in [-0.2, 0) is 0 Å². The van der Waals surface area contributed by atoms with Crippen molar-refractivity contribution in [1.29, 1.82) is 5.26 Å². The van der Waals surface area contributed by atoms with Crippen LogP contribution in [0, 0.1) is 11.3 Å². The first-order valence-electron chi connectivity index (χ1n) is 4.62. The van der Waals surface area contributed by atoms with Gasteiger partial charge in [0.2, 0.25) is 5.60 Å². The Bertz CT molecular complexity index is 383. The van der Waals surface area contributed by atoms with Crippen LogP contribution in [0.15, 0.2) is 24.3 Å². The fourth-order valence-corrected chi connectivity index (χ4v) is 1.40. The number of nitriles is 1. The van der Waals surface area contributed by atoms with Crippen molar-refractivity contribution >= 4 is 0 Å². The molecular formula is C11H11NO2. The van der Waals surface area contributed by atoms with E-state index in [1.54, 1.807) is 0 Å². The molecule has 0 spiro atoms. The fourth-order valence-electron chi connectivity index (χ4n) is 1.40. The minimum Gasteiger partial charge on any atom is -0.484 e. The highest BCUT2D eigenvalue weighted by Crippen LogP contribution is 2.35. The van der Waals surface area contributed by atoms with E-state index in [2.05, 4.69) is 6.07 Å². The van der Waals surface area contributed by atoms with E-state index >= 15 is 0 Å². The van der Waals surface area contributed by atoms with Crippen LogP contribution in [0.5, 0.6) is 11.5 Å². The summed E-state index contributed by atoms with van der Waals surface area (Å²) in [5.41, 5.74) is -0.811. The molecule has 0 saturated carbocycles. The van der Waals surface area contributed by atoms with E-state index in [0.29, 0.717) is 24.5 Å². The van der Waals surface area contributed by atoms with Crippen molar-refractivity contribution in [3.05, 3.63) is 24.3 Å². The third-order valence-electron chi connectivity index (χ3n) is 2.39. The molecule has 1 aromatic rings. The van der Waals surface area contributed by atoms with Gasteiger partial charge >= 0.3 is 0 Å². The first-order chi connectivity index (χ1) is 6.79. The summed E-state index contributed by atoms with van der Waals surface area (Å²) in [4.78, 5) is 0.